The number of nitro groups is 1. The van der Waals surface area contributed by atoms with E-state index in [0.29, 0.717) is 11.5 Å². The minimum absolute atomic E-state index is 0.0817. The van der Waals surface area contributed by atoms with Gasteiger partial charge in [-0.2, -0.15) is 0 Å². The lowest BCUT2D eigenvalue weighted by Gasteiger charge is -2.09. The summed E-state index contributed by atoms with van der Waals surface area (Å²) >= 11 is 0. The van der Waals surface area contributed by atoms with Crippen molar-refractivity contribution in [3.05, 3.63) is 117 Å². The van der Waals surface area contributed by atoms with E-state index in [-0.39, 0.29) is 5.69 Å². The van der Waals surface area contributed by atoms with Crippen LogP contribution in [0.25, 0.3) is 12.2 Å². The molecule has 0 aromatic heterocycles. The van der Waals surface area contributed by atoms with Gasteiger partial charge in [0, 0.05) is 17.8 Å². The first kappa shape index (κ1) is 29.6. The summed E-state index contributed by atoms with van der Waals surface area (Å²) in [5.41, 5.74) is 10.9. The van der Waals surface area contributed by atoms with Crippen molar-refractivity contribution < 1.29 is 23.9 Å². The number of nitrogens with zero attached hydrogens (tertiary/aromatic N) is 1. The number of aryl methyl sites for hydroxylation is 2. The maximum absolute atomic E-state index is 10.6. The highest BCUT2D eigenvalue weighted by Gasteiger charge is 2.06. The minimum Gasteiger partial charge on any atom is -0.493 e. The van der Waals surface area contributed by atoms with E-state index in [1.165, 1.54) is 23.3 Å². The Labute approximate surface area is 234 Å². The molecule has 0 spiro atoms. The quantitative estimate of drug-likeness (QED) is 0.101. The van der Waals surface area contributed by atoms with Crippen LogP contribution in [-0.4, -0.2) is 33.4 Å². The smallest absolute Gasteiger partial charge is 0.269 e. The van der Waals surface area contributed by atoms with Crippen molar-refractivity contribution in [3.8, 4) is 23.0 Å². The molecule has 0 fully saturated rings. The molecule has 40 heavy (non-hydrogen) atoms. The van der Waals surface area contributed by atoms with E-state index in [9.17, 15) is 10.1 Å². The van der Waals surface area contributed by atoms with Crippen molar-refractivity contribution in [1.82, 2.24) is 0 Å². The Bertz CT molecular complexity index is 1420. The van der Waals surface area contributed by atoms with Crippen molar-refractivity contribution in [2.24, 2.45) is 0 Å². The van der Waals surface area contributed by atoms with E-state index in [1.807, 2.05) is 54.6 Å². The second-order valence-corrected chi connectivity index (χ2v) is 8.73. The molecule has 4 aromatic rings. The topological polar surface area (TPSA) is 106 Å². The van der Waals surface area contributed by atoms with Gasteiger partial charge in [-0.1, -0.05) is 36.4 Å². The third kappa shape index (κ3) is 8.52. The molecule has 8 nitrogen and oxygen atoms in total. The van der Waals surface area contributed by atoms with E-state index in [4.69, 9.17) is 24.7 Å². The molecule has 2 N–H and O–H groups in total. The normalized spacial score (nSPS) is 10.4. The zero-order chi connectivity index (χ0) is 28.9. The third-order valence-corrected chi connectivity index (χ3v) is 6.11. The Morgan fingerprint density at radius 3 is 1.68 bits per heavy atom. The van der Waals surface area contributed by atoms with Crippen LogP contribution in [0, 0.1) is 10.1 Å². The Morgan fingerprint density at radius 1 is 0.625 bits per heavy atom. The van der Waals surface area contributed by atoms with Gasteiger partial charge >= 0.3 is 0 Å². The molecule has 0 aliphatic heterocycles. The van der Waals surface area contributed by atoms with Gasteiger partial charge in [0.15, 0.2) is 23.0 Å². The SMILES string of the molecule is COc1ccc(/C=C/c2ccc([N+](=O)[O-])cc2)cc1OC.COc1ccc(CCc2ccc(N)cc2)cc1OC. The second kappa shape index (κ2) is 14.8. The second-order valence-electron chi connectivity index (χ2n) is 8.73. The fourth-order valence-electron chi connectivity index (χ4n) is 3.87. The minimum atomic E-state index is -0.415. The molecule has 0 heterocycles. The molecule has 4 rings (SSSR count). The Kier molecular flexibility index (Phi) is 11.0. The monoisotopic (exact) mass is 542 g/mol. The predicted octanol–water partition coefficient (Wildman–Crippen LogP) is 6.85. The number of anilines is 1. The number of hydrogen-bond acceptors (Lipinski definition) is 7. The molecular formula is C32H34N2O6. The molecule has 4 aromatic carbocycles. The van der Waals surface area contributed by atoms with Gasteiger partial charge in [-0.15, -0.1) is 0 Å². The average molecular weight is 543 g/mol. The van der Waals surface area contributed by atoms with Crippen LogP contribution in [0.3, 0.4) is 0 Å². The standard InChI is InChI=1S/C16H15NO4.C16H19NO2/c1-20-15-10-7-13(11-16(15)21-2)4-3-12-5-8-14(9-6-12)17(18)19;1-18-15-10-7-13(11-16(15)19-2)4-3-12-5-8-14(17)9-6-12/h3-11H,1-2H3;5-11H,3-4,17H2,1-2H3/b4-3+;. The molecule has 0 saturated heterocycles. The first-order valence-electron chi connectivity index (χ1n) is 12.6. The highest BCUT2D eigenvalue weighted by molar-refractivity contribution is 5.71. The summed E-state index contributed by atoms with van der Waals surface area (Å²) in [5.74, 6) is 2.87. The van der Waals surface area contributed by atoms with Crippen LogP contribution in [0.4, 0.5) is 11.4 Å². The lowest BCUT2D eigenvalue weighted by Crippen LogP contribution is -1.95. The van der Waals surface area contributed by atoms with Crippen LogP contribution in [0.15, 0.2) is 84.9 Å². The highest BCUT2D eigenvalue weighted by atomic mass is 16.6. The fourth-order valence-corrected chi connectivity index (χ4v) is 3.87. The maximum atomic E-state index is 10.6. The number of benzene rings is 4. The van der Waals surface area contributed by atoms with Crippen LogP contribution in [0.2, 0.25) is 0 Å². The van der Waals surface area contributed by atoms with Crippen LogP contribution < -0.4 is 24.7 Å². The number of nitrogens with two attached hydrogens (primary N) is 1. The van der Waals surface area contributed by atoms with Crippen LogP contribution in [-0.2, 0) is 12.8 Å². The van der Waals surface area contributed by atoms with Gasteiger partial charge in [-0.25, -0.2) is 0 Å². The van der Waals surface area contributed by atoms with Crippen molar-refractivity contribution in [3.63, 3.8) is 0 Å². The lowest BCUT2D eigenvalue weighted by molar-refractivity contribution is -0.384. The van der Waals surface area contributed by atoms with Gasteiger partial charge in [0.05, 0.1) is 33.4 Å². The summed E-state index contributed by atoms with van der Waals surface area (Å²) in [4.78, 5) is 10.2. The largest absolute Gasteiger partial charge is 0.493 e. The molecule has 0 bridgehead atoms. The summed E-state index contributed by atoms with van der Waals surface area (Å²) in [7, 11) is 6.47. The van der Waals surface area contributed by atoms with Crippen LogP contribution in [0.1, 0.15) is 22.3 Å². The summed E-state index contributed by atoms with van der Waals surface area (Å²) in [6.07, 6.45) is 5.73. The number of non-ortho nitro benzene ring substituents is 1. The zero-order valence-electron chi connectivity index (χ0n) is 23.1. The Balaban J connectivity index is 0.000000222. The van der Waals surface area contributed by atoms with Crippen LogP contribution in [0.5, 0.6) is 23.0 Å². The van der Waals surface area contributed by atoms with Gasteiger partial charge in [0.2, 0.25) is 0 Å². The van der Waals surface area contributed by atoms with Crippen LogP contribution >= 0.6 is 0 Å². The van der Waals surface area contributed by atoms with Gasteiger partial charge in [0.25, 0.3) is 5.69 Å². The summed E-state index contributed by atoms with van der Waals surface area (Å²) < 4.78 is 20.9. The van der Waals surface area contributed by atoms with E-state index < -0.39 is 4.92 Å². The number of rotatable bonds is 10. The average Bonchev–Trinajstić information content (AvgIpc) is 2.99. The van der Waals surface area contributed by atoms with Crippen molar-refractivity contribution >= 4 is 23.5 Å². The molecule has 0 aliphatic carbocycles. The number of nitro benzene ring substituents is 1. The third-order valence-electron chi connectivity index (χ3n) is 6.11. The zero-order valence-corrected chi connectivity index (χ0v) is 23.1. The van der Waals surface area contributed by atoms with E-state index in [0.717, 1.165) is 41.2 Å². The molecule has 8 heteroatoms. The van der Waals surface area contributed by atoms with Crippen molar-refractivity contribution in [1.29, 1.82) is 0 Å². The number of hydrogen-bond donors (Lipinski definition) is 1. The predicted molar refractivity (Wildman–Crippen MR) is 159 cm³/mol. The molecule has 0 saturated carbocycles. The summed E-state index contributed by atoms with van der Waals surface area (Å²) in [6.45, 7) is 0. The van der Waals surface area contributed by atoms with Gasteiger partial charge < -0.3 is 24.7 Å². The van der Waals surface area contributed by atoms with E-state index in [2.05, 4.69) is 18.2 Å². The van der Waals surface area contributed by atoms with Gasteiger partial charge in [-0.05, 0) is 83.6 Å². The van der Waals surface area contributed by atoms with Crippen molar-refractivity contribution in [2.75, 3.05) is 34.2 Å². The number of ether oxygens (including phenoxy) is 4. The van der Waals surface area contributed by atoms with E-state index in [1.54, 1.807) is 40.6 Å². The van der Waals surface area contributed by atoms with Gasteiger partial charge in [0.1, 0.15) is 0 Å². The Morgan fingerprint density at radius 2 is 1.10 bits per heavy atom. The molecule has 0 radical (unpaired) electrons. The maximum Gasteiger partial charge on any atom is 0.269 e. The molecule has 208 valence electrons. The number of nitrogen functional groups attached to an aromatic ring is 1. The summed E-state index contributed by atoms with van der Waals surface area (Å²) in [5, 5.41) is 10.6. The molecule has 0 atom stereocenters. The molecular weight excluding hydrogens is 508 g/mol. The van der Waals surface area contributed by atoms with E-state index >= 15 is 0 Å². The fraction of sp³-hybridized carbons (Fsp3) is 0.188. The first-order chi connectivity index (χ1) is 19.4. The highest BCUT2D eigenvalue weighted by Crippen LogP contribution is 2.29. The number of methoxy groups -OCH3 is 4. The van der Waals surface area contributed by atoms with Gasteiger partial charge in [-0.3, -0.25) is 10.1 Å². The molecule has 0 unspecified atom stereocenters. The first-order valence-corrected chi connectivity index (χ1v) is 12.6. The Hall–Kier alpha value is -4.98. The summed E-state index contributed by atoms with van der Waals surface area (Å²) in [6, 6.07) is 26.0. The molecule has 0 amide bonds. The lowest BCUT2D eigenvalue weighted by atomic mass is 10.0. The van der Waals surface area contributed by atoms with Crippen molar-refractivity contribution in [2.45, 2.75) is 12.8 Å². The molecule has 0 aliphatic rings.